The number of anilines is 1. The van der Waals surface area contributed by atoms with E-state index in [0.29, 0.717) is 17.5 Å². The van der Waals surface area contributed by atoms with Crippen molar-refractivity contribution < 1.29 is 14.1 Å². The van der Waals surface area contributed by atoms with Crippen molar-refractivity contribution in [1.82, 2.24) is 4.98 Å². The molecule has 1 saturated carbocycles. The van der Waals surface area contributed by atoms with E-state index in [4.69, 9.17) is 4.42 Å². The van der Waals surface area contributed by atoms with E-state index >= 15 is 0 Å². The van der Waals surface area contributed by atoms with Crippen LogP contribution in [0.3, 0.4) is 0 Å². The minimum Gasteiger partial charge on any atom is -0.443 e. The maximum Gasteiger partial charge on any atom is 0.278 e. The van der Waals surface area contributed by atoms with Crippen molar-refractivity contribution in [3.05, 3.63) is 71.7 Å². The Morgan fingerprint density at radius 2 is 1.93 bits per heavy atom. The first kappa shape index (κ1) is 20.4. The van der Waals surface area contributed by atoms with E-state index in [1.54, 1.807) is 0 Å². The van der Waals surface area contributed by atoms with Crippen LogP contribution in [0.5, 0.6) is 0 Å². The zero-order chi connectivity index (χ0) is 20.9. The van der Waals surface area contributed by atoms with Crippen LogP contribution in [-0.2, 0) is 6.54 Å². The second-order valence-corrected chi connectivity index (χ2v) is 8.37. The quantitative estimate of drug-likeness (QED) is 0.646. The first-order chi connectivity index (χ1) is 14.6. The number of benzene rings is 2. The van der Waals surface area contributed by atoms with Crippen molar-refractivity contribution in [3.63, 3.8) is 0 Å². The molecule has 30 heavy (non-hydrogen) atoms. The van der Waals surface area contributed by atoms with Gasteiger partial charge in [0.25, 0.3) is 5.91 Å². The maximum atomic E-state index is 13.1. The molecule has 2 N–H and O–H groups in total. The molecule has 1 fully saturated rings. The molecule has 1 amide bonds. The lowest BCUT2D eigenvalue weighted by molar-refractivity contribution is -0.921. The van der Waals surface area contributed by atoms with E-state index in [0.717, 1.165) is 28.9 Å². The summed E-state index contributed by atoms with van der Waals surface area (Å²) in [6.07, 6.45) is 7.93. The van der Waals surface area contributed by atoms with E-state index < -0.39 is 0 Å². The number of nitrogens with zero attached hydrogens (tertiary/aromatic N) is 1. The molecule has 1 aliphatic rings. The van der Waals surface area contributed by atoms with Crippen LogP contribution in [0.4, 0.5) is 5.69 Å². The van der Waals surface area contributed by atoms with Crippen LogP contribution in [-0.4, -0.2) is 24.0 Å². The van der Waals surface area contributed by atoms with Crippen LogP contribution >= 0.6 is 0 Å². The molecule has 5 heteroatoms. The van der Waals surface area contributed by atoms with Crippen molar-refractivity contribution in [3.8, 4) is 11.3 Å². The Bertz CT molecular complexity index is 1000. The summed E-state index contributed by atoms with van der Waals surface area (Å²) in [6.45, 7) is 2.91. The Morgan fingerprint density at radius 3 is 2.73 bits per heavy atom. The van der Waals surface area contributed by atoms with Gasteiger partial charge in [-0.1, -0.05) is 48.4 Å². The highest BCUT2D eigenvalue weighted by Gasteiger charge is 2.23. The number of amides is 1. The van der Waals surface area contributed by atoms with Gasteiger partial charge in [0, 0.05) is 16.8 Å². The number of nitrogens with one attached hydrogen (secondary N) is 2. The van der Waals surface area contributed by atoms with E-state index in [2.05, 4.69) is 23.4 Å². The highest BCUT2D eigenvalue weighted by molar-refractivity contribution is 6.06. The topological polar surface area (TPSA) is 59.6 Å². The number of carbonyl (C=O) groups is 1. The third kappa shape index (κ3) is 4.62. The lowest BCUT2D eigenvalue weighted by Gasteiger charge is -2.28. The SMILES string of the molecule is Cc1cccc(-c2ocnc2C(=O)Nc2ccccc2C[NH+](C)C2CCCCC2)c1. The standard InChI is InChI=1S/C25H29N3O2/c1-18-9-8-11-19(15-18)24-23(26-17-30-24)25(29)27-22-14-7-6-10-20(22)16-28(2)21-12-4-3-5-13-21/h6-11,14-15,17,21H,3-5,12-13,16H2,1-2H3,(H,27,29)/p+1. The predicted molar refractivity (Wildman–Crippen MR) is 119 cm³/mol. The molecular formula is C25H30N3O2+. The fourth-order valence-electron chi connectivity index (χ4n) is 4.42. The van der Waals surface area contributed by atoms with Crippen molar-refractivity contribution in [1.29, 1.82) is 0 Å². The van der Waals surface area contributed by atoms with Crippen LogP contribution in [0, 0.1) is 6.92 Å². The van der Waals surface area contributed by atoms with Gasteiger partial charge < -0.3 is 14.6 Å². The van der Waals surface area contributed by atoms with Gasteiger partial charge in [0.2, 0.25) is 0 Å². The number of hydrogen-bond donors (Lipinski definition) is 2. The van der Waals surface area contributed by atoms with E-state index in [-0.39, 0.29) is 5.91 Å². The largest absolute Gasteiger partial charge is 0.443 e. The van der Waals surface area contributed by atoms with Gasteiger partial charge in [0.05, 0.1) is 13.1 Å². The van der Waals surface area contributed by atoms with Crippen molar-refractivity contribution in [2.24, 2.45) is 0 Å². The number of aryl methyl sites for hydroxylation is 1. The lowest BCUT2D eigenvalue weighted by atomic mass is 9.94. The first-order valence-corrected chi connectivity index (χ1v) is 10.8. The van der Waals surface area contributed by atoms with Gasteiger partial charge in [-0.05, 0) is 44.7 Å². The molecule has 5 nitrogen and oxygen atoms in total. The number of quaternary nitrogens is 1. The van der Waals surface area contributed by atoms with Gasteiger partial charge in [-0.2, -0.15) is 0 Å². The number of hydrogen-bond acceptors (Lipinski definition) is 3. The molecule has 0 aliphatic heterocycles. The van der Waals surface area contributed by atoms with Crippen LogP contribution in [0.1, 0.15) is 53.7 Å². The summed E-state index contributed by atoms with van der Waals surface area (Å²) in [4.78, 5) is 18.8. The maximum absolute atomic E-state index is 13.1. The minimum absolute atomic E-state index is 0.247. The summed E-state index contributed by atoms with van der Waals surface area (Å²) in [6, 6.07) is 16.7. The molecule has 2 aromatic carbocycles. The van der Waals surface area contributed by atoms with E-state index in [9.17, 15) is 4.79 Å². The summed E-state index contributed by atoms with van der Waals surface area (Å²) in [5, 5.41) is 3.07. The van der Waals surface area contributed by atoms with Gasteiger partial charge in [0.1, 0.15) is 6.54 Å². The Labute approximate surface area is 178 Å². The van der Waals surface area contributed by atoms with Gasteiger partial charge in [-0.3, -0.25) is 4.79 Å². The highest BCUT2D eigenvalue weighted by Crippen LogP contribution is 2.25. The van der Waals surface area contributed by atoms with Crippen molar-refractivity contribution in [2.75, 3.05) is 12.4 Å². The monoisotopic (exact) mass is 404 g/mol. The smallest absolute Gasteiger partial charge is 0.278 e. The highest BCUT2D eigenvalue weighted by atomic mass is 16.3. The molecule has 1 aromatic heterocycles. The summed E-state index contributed by atoms with van der Waals surface area (Å²) in [5.41, 5.74) is 4.26. The summed E-state index contributed by atoms with van der Waals surface area (Å²) in [7, 11) is 2.27. The van der Waals surface area contributed by atoms with Crippen LogP contribution < -0.4 is 10.2 Å². The van der Waals surface area contributed by atoms with E-state index in [1.807, 2.05) is 49.4 Å². The second-order valence-electron chi connectivity index (χ2n) is 8.37. The Balaban J connectivity index is 1.52. The fraction of sp³-hybridized carbons (Fsp3) is 0.360. The summed E-state index contributed by atoms with van der Waals surface area (Å²) >= 11 is 0. The predicted octanol–water partition coefficient (Wildman–Crippen LogP) is 4.25. The molecule has 3 aromatic rings. The average molecular weight is 405 g/mol. The molecule has 1 atom stereocenters. The van der Waals surface area contributed by atoms with Crippen LogP contribution in [0.2, 0.25) is 0 Å². The van der Waals surface area contributed by atoms with Gasteiger partial charge in [-0.25, -0.2) is 4.98 Å². The van der Waals surface area contributed by atoms with Crippen LogP contribution in [0.25, 0.3) is 11.3 Å². The first-order valence-electron chi connectivity index (χ1n) is 10.8. The molecule has 156 valence electrons. The molecule has 0 radical (unpaired) electrons. The average Bonchev–Trinajstić information content (AvgIpc) is 3.26. The molecule has 1 aliphatic carbocycles. The van der Waals surface area contributed by atoms with Gasteiger partial charge in [-0.15, -0.1) is 0 Å². The normalized spacial score (nSPS) is 15.7. The molecule has 0 spiro atoms. The van der Waals surface area contributed by atoms with Crippen LogP contribution in [0.15, 0.2) is 59.3 Å². The number of rotatable bonds is 6. The second kappa shape index (κ2) is 9.26. The fourth-order valence-corrected chi connectivity index (χ4v) is 4.42. The zero-order valence-corrected chi connectivity index (χ0v) is 17.8. The van der Waals surface area contributed by atoms with E-state index in [1.165, 1.54) is 43.4 Å². The van der Waals surface area contributed by atoms with Crippen molar-refractivity contribution in [2.45, 2.75) is 51.6 Å². The third-order valence-electron chi connectivity index (χ3n) is 6.10. The molecule has 1 unspecified atom stereocenters. The summed E-state index contributed by atoms with van der Waals surface area (Å²) < 4.78 is 5.56. The number of oxazole rings is 1. The Kier molecular flexibility index (Phi) is 6.29. The molecular weight excluding hydrogens is 374 g/mol. The summed E-state index contributed by atoms with van der Waals surface area (Å²) in [5.74, 6) is 0.252. The van der Waals surface area contributed by atoms with Gasteiger partial charge in [0.15, 0.2) is 17.8 Å². The Morgan fingerprint density at radius 1 is 1.13 bits per heavy atom. The number of aromatic nitrogens is 1. The molecule has 0 saturated heterocycles. The lowest BCUT2D eigenvalue weighted by Crippen LogP contribution is -3.11. The zero-order valence-electron chi connectivity index (χ0n) is 17.8. The molecule has 0 bridgehead atoms. The molecule has 1 heterocycles. The molecule has 4 rings (SSSR count). The third-order valence-corrected chi connectivity index (χ3v) is 6.10. The van der Waals surface area contributed by atoms with Gasteiger partial charge >= 0.3 is 0 Å². The number of carbonyl (C=O) groups excluding carboxylic acids is 1. The minimum atomic E-state index is -0.247. The number of para-hydroxylation sites is 1. The Hall–Kier alpha value is -2.92. The van der Waals surface area contributed by atoms with Crippen molar-refractivity contribution >= 4 is 11.6 Å².